The summed E-state index contributed by atoms with van der Waals surface area (Å²) in [5.74, 6) is 0. The molecule has 0 radical (unpaired) electrons. The van der Waals surface area contributed by atoms with Gasteiger partial charge in [0.2, 0.25) is 10.0 Å². The molecule has 0 aromatic heterocycles. The van der Waals surface area contributed by atoms with Gasteiger partial charge in [-0.3, -0.25) is 0 Å². The van der Waals surface area contributed by atoms with E-state index in [0.717, 1.165) is 12.2 Å². The van der Waals surface area contributed by atoms with Crippen LogP contribution in [-0.4, -0.2) is 28.1 Å². The van der Waals surface area contributed by atoms with Crippen LogP contribution in [0.5, 0.6) is 0 Å². The van der Waals surface area contributed by atoms with E-state index in [9.17, 15) is 8.42 Å². The highest BCUT2D eigenvalue weighted by Gasteiger charge is 2.22. The largest absolute Gasteiger partial charge is 0.398 e. The lowest BCUT2D eigenvalue weighted by molar-refractivity contribution is 0.418. The van der Waals surface area contributed by atoms with E-state index in [1.807, 2.05) is 6.07 Å². The molecule has 5 nitrogen and oxygen atoms in total. The number of nitrogen functional groups attached to an aromatic ring is 1. The Morgan fingerprint density at radius 3 is 2.48 bits per heavy atom. The summed E-state index contributed by atoms with van der Waals surface area (Å²) in [5.41, 5.74) is 7.27. The second kappa shape index (κ2) is 6.66. The average Bonchev–Trinajstić information content (AvgIpc) is 2.49. The van der Waals surface area contributed by atoms with E-state index in [-0.39, 0.29) is 4.90 Å². The van der Waals surface area contributed by atoms with E-state index in [4.69, 9.17) is 5.73 Å². The zero-order valence-corrected chi connectivity index (χ0v) is 13.6. The van der Waals surface area contributed by atoms with E-state index < -0.39 is 10.0 Å². The molecule has 1 aliphatic rings. The van der Waals surface area contributed by atoms with Crippen LogP contribution in [0.1, 0.15) is 39.0 Å². The fourth-order valence-electron chi connectivity index (χ4n) is 3.11. The molecule has 0 saturated heterocycles. The smallest absolute Gasteiger partial charge is 0.242 e. The third-order valence-corrected chi connectivity index (χ3v) is 5.73. The van der Waals surface area contributed by atoms with Gasteiger partial charge >= 0.3 is 0 Å². The Labute approximate surface area is 127 Å². The lowest BCUT2D eigenvalue weighted by Gasteiger charge is -2.35. The van der Waals surface area contributed by atoms with Crippen molar-refractivity contribution in [3.8, 4) is 0 Å². The highest BCUT2D eigenvalue weighted by Crippen LogP contribution is 2.30. The summed E-state index contributed by atoms with van der Waals surface area (Å²) in [6.07, 6.45) is 6.25. The highest BCUT2D eigenvalue weighted by molar-refractivity contribution is 7.89. The van der Waals surface area contributed by atoms with Gasteiger partial charge in [-0.05, 0) is 45.0 Å². The number of sulfonamides is 1. The maximum atomic E-state index is 11.9. The Balaban J connectivity index is 2.29. The zero-order chi connectivity index (χ0) is 15.5. The Kier molecular flexibility index (Phi) is 5.11. The SMILES string of the molecule is CCN(c1ccc(S(=O)(=O)NC)c(N)c1)C1CCCCC1. The quantitative estimate of drug-likeness (QED) is 0.818. The summed E-state index contributed by atoms with van der Waals surface area (Å²) in [6.45, 7) is 3.03. The molecule has 6 heteroatoms. The van der Waals surface area contributed by atoms with Crippen LogP contribution in [0.25, 0.3) is 0 Å². The van der Waals surface area contributed by atoms with Gasteiger partial charge in [0, 0.05) is 18.3 Å². The maximum Gasteiger partial charge on any atom is 0.242 e. The lowest BCUT2D eigenvalue weighted by Crippen LogP contribution is -2.36. The molecule has 0 atom stereocenters. The number of nitrogens with one attached hydrogen (secondary N) is 1. The second-order valence-corrected chi connectivity index (χ2v) is 7.36. The minimum Gasteiger partial charge on any atom is -0.398 e. The summed E-state index contributed by atoms with van der Waals surface area (Å²) in [7, 11) is -2.10. The molecule has 0 spiro atoms. The molecule has 2 rings (SSSR count). The summed E-state index contributed by atoms with van der Waals surface area (Å²) < 4.78 is 26.0. The lowest BCUT2D eigenvalue weighted by atomic mass is 9.94. The Bertz CT molecular complexity index is 581. The molecule has 0 unspecified atom stereocenters. The molecule has 118 valence electrons. The number of benzene rings is 1. The molecule has 1 aliphatic carbocycles. The van der Waals surface area contributed by atoms with E-state index >= 15 is 0 Å². The van der Waals surface area contributed by atoms with Gasteiger partial charge in [0.25, 0.3) is 0 Å². The third-order valence-electron chi connectivity index (χ3n) is 4.24. The molecule has 3 N–H and O–H groups in total. The first kappa shape index (κ1) is 16.1. The number of anilines is 2. The van der Waals surface area contributed by atoms with Gasteiger partial charge in [0.1, 0.15) is 4.90 Å². The summed E-state index contributed by atoms with van der Waals surface area (Å²) >= 11 is 0. The van der Waals surface area contributed by atoms with Gasteiger partial charge in [-0.1, -0.05) is 19.3 Å². The Morgan fingerprint density at radius 1 is 1.29 bits per heavy atom. The molecular weight excluding hydrogens is 286 g/mol. The van der Waals surface area contributed by atoms with Gasteiger partial charge in [-0.25, -0.2) is 13.1 Å². The van der Waals surface area contributed by atoms with Crippen LogP contribution < -0.4 is 15.4 Å². The van der Waals surface area contributed by atoms with Crippen LogP contribution in [0.15, 0.2) is 23.1 Å². The monoisotopic (exact) mass is 311 g/mol. The molecule has 0 amide bonds. The number of rotatable bonds is 5. The van der Waals surface area contributed by atoms with Crippen LogP contribution in [-0.2, 0) is 10.0 Å². The summed E-state index contributed by atoms with van der Waals surface area (Å²) in [6, 6.07) is 5.78. The van der Waals surface area contributed by atoms with Crippen molar-refractivity contribution in [2.45, 2.75) is 50.0 Å². The van der Waals surface area contributed by atoms with Crippen molar-refractivity contribution in [1.82, 2.24) is 4.72 Å². The van der Waals surface area contributed by atoms with Crippen LogP contribution in [0.2, 0.25) is 0 Å². The van der Waals surface area contributed by atoms with Crippen molar-refractivity contribution >= 4 is 21.4 Å². The molecule has 0 heterocycles. The van der Waals surface area contributed by atoms with Crippen LogP contribution >= 0.6 is 0 Å². The second-order valence-electron chi connectivity index (χ2n) is 5.51. The molecule has 0 bridgehead atoms. The van der Waals surface area contributed by atoms with Crippen molar-refractivity contribution in [2.75, 3.05) is 24.2 Å². The zero-order valence-electron chi connectivity index (χ0n) is 12.8. The van der Waals surface area contributed by atoms with Crippen LogP contribution in [0.4, 0.5) is 11.4 Å². The molecule has 1 aromatic carbocycles. The first-order valence-electron chi connectivity index (χ1n) is 7.59. The highest BCUT2D eigenvalue weighted by atomic mass is 32.2. The fraction of sp³-hybridized carbons (Fsp3) is 0.600. The summed E-state index contributed by atoms with van der Waals surface area (Å²) in [4.78, 5) is 2.49. The molecule has 21 heavy (non-hydrogen) atoms. The van der Waals surface area contributed by atoms with Crippen molar-refractivity contribution in [2.24, 2.45) is 0 Å². The standard InChI is InChI=1S/C15H25N3O2S/c1-3-18(12-7-5-4-6-8-12)13-9-10-15(14(16)11-13)21(19,20)17-2/h9-12,17H,3-8,16H2,1-2H3. The van der Waals surface area contributed by atoms with E-state index in [2.05, 4.69) is 16.5 Å². The Morgan fingerprint density at radius 2 is 1.95 bits per heavy atom. The average molecular weight is 311 g/mol. The first-order chi connectivity index (χ1) is 9.99. The number of nitrogens with zero attached hydrogens (tertiary/aromatic N) is 1. The first-order valence-corrected chi connectivity index (χ1v) is 9.07. The van der Waals surface area contributed by atoms with Crippen molar-refractivity contribution in [3.63, 3.8) is 0 Å². The number of nitrogens with two attached hydrogens (primary N) is 1. The van der Waals surface area contributed by atoms with E-state index in [1.54, 1.807) is 12.1 Å². The number of hydrogen-bond donors (Lipinski definition) is 2. The molecule has 1 aromatic rings. The fourth-order valence-corrected chi connectivity index (χ4v) is 3.95. The predicted molar refractivity (Wildman–Crippen MR) is 87.0 cm³/mol. The van der Waals surface area contributed by atoms with Crippen molar-refractivity contribution in [1.29, 1.82) is 0 Å². The van der Waals surface area contributed by atoms with Gasteiger partial charge in [-0.2, -0.15) is 0 Å². The van der Waals surface area contributed by atoms with Crippen LogP contribution in [0, 0.1) is 0 Å². The van der Waals surface area contributed by atoms with Gasteiger partial charge in [0.15, 0.2) is 0 Å². The minimum absolute atomic E-state index is 0.147. The molecule has 1 fully saturated rings. The molecule has 1 saturated carbocycles. The van der Waals surface area contributed by atoms with Gasteiger partial charge < -0.3 is 10.6 Å². The molecule has 0 aliphatic heterocycles. The number of hydrogen-bond acceptors (Lipinski definition) is 4. The van der Waals surface area contributed by atoms with Gasteiger partial charge in [0.05, 0.1) is 5.69 Å². The summed E-state index contributed by atoms with van der Waals surface area (Å²) in [5, 5.41) is 0. The van der Waals surface area contributed by atoms with E-state index in [0.29, 0.717) is 11.7 Å². The van der Waals surface area contributed by atoms with Crippen LogP contribution in [0.3, 0.4) is 0 Å². The third kappa shape index (κ3) is 3.49. The normalized spacial score (nSPS) is 16.9. The topological polar surface area (TPSA) is 75.4 Å². The Hall–Kier alpha value is -1.27. The molecular formula is C15H25N3O2S. The predicted octanol–water partition coefficient (Wildman–Crippen LogP) is 2.34. The van der Waals surface area contributed by atoms with E-state index in [1.165, 1.54) is 39.2 Å². The van der Waals surface area contributed by atoms with Crippen molar-refractivity contribution < 1.29 is 8.42 Å². The maximum absolute atomic E-state index is 11.9. The minimum atomic E-state index is -3.50. The van der Waals surface area contributed by atoms with Gasteiger partial charge in [-0.15, -0.1) is 0 Å². The van der Waals surface area contributed by atoms with Crippen molar-refractivity contribution in [3.05, 3.63) is 18.2 Å².